The number of phenolic OH excluding ortho intramolecular Hbond substituents is 1. The monoisotopic (exact) mass is 260 g/mol. The summed E-state index contributed by atoms with van der Waals surface area (Å²) in [4.78, 5) is 0. The molecule has 0 aliphatic rings. The minimum absolute atomic E-state index is 0.0987. The number of ether oxygens (including phenoxy) is 1. The van der Waals surface area contributed by atoms with Crippen LogP contribution in [-0.4, -0.2) is 24.9 Å². The molecular weight excluding hydrogens is 249 g/mol. The minimum Gasteiger partial charge on any atom is -0.504 e. The number of hydrogen-bond donors (Lipinski definition) is 2. The first-order chi connectivity index (χ1) is 8.37. The van der Waals surface area contributed by atoms with E-state index in [1.807, 2.05) is 0 Å². The summed E-state index contributed by atoms with van der Waals surface area (Å²) in [6.07, 6.45) is -4.39. The lowest BCUT2D eigenvalue weighted by molar-refractivity contribution is -0.125. The average Bonchev–Trinajstić information content (AvgIpc) is 2.30. The number of phenols is 1. The van der Waals surface area contributed by atoms with Crippen LogP contribution in [0.25, 0.3) is 0 Å². The third-order valence-electron chi connectivity index (χ3n) is 2.17. The van der Waals surface area contributed by atoms with Gasteiger partial charge < -0.3 is 9.84 Å². The van der Waals surface area contributed by atoms with E-state index in [0.29, 0.717) is 0 Å². The second kappa shape index (κ2) is 5.60. The smallest absolute Gasteiger partial charge is 0.401 e. The molecule has 98 valence electrons. The summed E-state index contributed by atoms with van der Waals surface area (Å²) in [5.41, 5.74) is 0.288. The van der Waals surface area contributed by atoms with Gasteiger partial charge in [0, 0.05) is 0 Å². The normalized spacial score (nSPS) is 12.8. The number of halogens is 3. The maximum absolute atomic E-state index is 12.0. The third-order valence-corrected chi connectivity index (χ3v) is 2.17. The highest BCUT2D eigenvalue weighted by molar-refractivity contribution is 5.43. The van der Waals surface area contributed by atoms with Gasteiger partial charge in [-0.25, -0.2) is 0 Å². The molecule has 0 aliphatic heterocycles. The summed E-state index contributed by atoms with van der Waals surface area (Å²) in [6, 6.07) is 4.52. The topological polar surface area (TPSA) is 65.3 Å². The number of benzene rings is 1. The number of hydrogen-bond acceptors (Lipinski definition) is 4. The van der Waals surface area contributed by atoms with E-state index in [9.17, 15) is 18.3 Å². The van der Waals surface area contributed by atoms with Crippen molar-refractivity contribution in [2.45, 2.75) is 12.2 Å². The zero-order valence-electron chi connectivity index (χ0n) is 9.45. The van der Waals surface area contributed by atoms with Crippen LogP contribution in [0.1, 0.15) is 11.6 Å². The van der Waals surface area contributed by atoms with Crippen LogP contribution in [-0.2, 0) is 0 Å². The number of nitriles is 1. The molecule has 4 nitrogen and oxygen atoms in total. The van der Waals surface area contributed by atoms with Crippen LogP contribution in [0.15, 0.2) is 18.2 Å². The van der Waals surface area contributed by atoms with Gasteiger partial charge in [-0.2, -0.15) is 18.4 Å². The van der Waals surface area contributed by atoms with Crippen LogP contribution in [0.5, 0.6) is 11.5 Å². The molecule has 0 spiro atoms. The molecular formula is C11H11F3N2O2. The fourth-order valence-corrected chi connectivity index (χ4v) is 1.33. The molecule has 2 N–H and O–H groups in total. The molecule has 0 amide bonds. The molecule has 7 heteroatoms. The van der Waals surface area contributed by atoms with Crippen molar-refractivity contribution in [3.8, 4) is 17.6 Å². The van der Waals surface area contributed by atoms with Crippen LogP contribution < -0.4 is 10.1 Å². The predicted octanol–water partition coefficient (Wildman–Crippen LogP) is 2.12. The van der Waals surface area contributed by atoms with Crippen LogP contribution in [0.4, 0.5) is 13.2 Å². The number of aromatic hydroxyl groups is 1. The van der Waals surface area contributed by atoms with Crippen LogP contribution in [0.2, 0.25) is 0 Å². The molecule has 0 aromatic heterocycles. The van der Waals surface area contributed by atoms with Gasteiger partial charge in [0.1, 0.15) is 6.04 Å². The Morgan fingerprint density at radius 3 is 2.67 bits per heavy atom. The molecule has 1 unspecified atom stereocenters. The number of nitrogens with one attached hydrogen (secondary N) is 1. The van der Waals surface area contributed by atoms with Crippen molar-refractivity contribution in [2.75, 3.05) is 13.7 Å². The molecule has 0 saturated heterocycles. The first-order valence-corrected chi connectivity index (χ1v) is 4.94. The summed E-state index contributed by atoms with van der Waals surface area (Å²) in [7, 11) is 1.31. The fraction of sp³-hybridized carbons (Fsp3) is 0.364. The quantitative estimate of drug-likeness (QED) is 0.870. The van der Waals surface area contributed by atoms with Gasteiger partial charge in [-0.05, 0) is 17.7 Å². The second-order valence-corrected chi connectivity index (χ2v) is 3.49. The van der Waals surface area contributed by atoms with Gasteiger partial charge in [-0.3, -0.25) is 5.32 Å². The SMILES string of the molecule is COc1cc(C(C#N)NCC(F)(F)F)ccc1O. The van der Waals surface area contributed by atoms with Crippen molar-refractivity contribution in [2.24, 2.45) is 0 Å². The lowest BCUT2D eigenvalue weighted by atomic mass is 10.1. The molecule has 1 rings (SSSR count). The Labute approximate surface area is 102 Å². The Balaban J connectivity index is 2.86. The van der Waals surface area contributed by atoms with E-state index in [2.05, 4.69) is 5.32 Å². The predicted molar refractivity (Wildman–Crippen MR) is 57.1 cm³/mol. The molecule has 1 aromatic rings. The van der Waals surface area contributed by atoms with Crippen molar-refractivity contribution < 1.29 is 23.0 Å². The van der Waals surface area contributed by atoms with E-state index < -0.39 is 18.8 Å². The van der Waals surface area contributed by atoms with Crippen molar-refractivity contribution in [1.29, 1.82) is 5.26 Å². The third kappa shape index (κ3) is 3.82. The van der Waals surface area contributed by atoms with E-state index >= 15 is 0 Å². The van der Waals surface area contributed by atoms with Crippen LogP contribution >= 0.6 is 0 Å². The highest BCUT2D eigenvalue weighted by Crippen LogP contribution is 2.29. The summed E-state index contributed by atoms with van der Waals surface area (Å²) in [6.45, 7) is -1.27. The summed E-state index contributed by atoms with van der Waals surface area (Å²) in [5.74, 6) is -0.0460. The Bertz CT molecular complexity index is 455. The van der Waals surface area contributed by atoms with E-state index in [1.165, 1.54) is 25.3 Å². The van der Waals surface area contributed by atoms with Gasteiger partial charge in [0.05, 0.1) is 19.7 Å². The van der Waals surface area contributed by atoms with Crippen molar-refractivity contribution in [3.63, 3.8) is 0 Å². The summed E-state index contributed by atoms with van der Waals surface area (Å²) < 4.78 is 40.9. The molecule has 0 heterocycles. The zero-order chi connectivity index (χ0) is 13.8. The van der Waals surface area contributed by atoms with Gasteiger partial charge in [0.15, 0.2) is 11.5 Å². The summed E-state index contributed by atoms with van der Waals surface area (Å²) >= 11 is 0. The highest BCUT2D eigenvalue weighted by Gasteiger charge is 2.28. The zero-order valence-corrected chi connectivity index (χ0v) is 9.45. The molecule has 1 aromatic carbocycles. The Hall–Kier alpha value is -1.94. The van der Waals surface area contributed by atoms with Gasteiger partial charge in [-0.15, -0.1) is 0 Å². The average molecular weight is 260 g/mol. The minimum atomic E-state index is -4.39. The van der Waals surface area contributed by atoms with Gasteiger partial charge in [0.25, 0.3) is 0 Å². The molecule has 0 fully saturated rings. The fourth-order valence-electron chi connectivity index (χ4n) is 1.33. The van der Waals surface area contributed by atoms with Gasteiger partial charge in [-0.1, -0.05) is 6.07 Å². The molecule has 0 saturated carbocycles. The van der Waals surface area contributed by atoms with E-state index in [-0.39, 0.29) is 17.1 Å². The molecule has 18 heavy (non-hydrogen) atoms. The lowest BCUT2D eigenvalue weighted by Crippen LogP contribution is -2.31. The number of methoxy groups -OCH3 is 1. The van der Waals surface area contributed by atoms with Crippen molar-refractivity contribution >= 4 is 0 Å². The van der Waals surface area contributed by atoms with Crippen molar-refractivity contribution in [1.82, 2.24) is 5.32 Å². The van der Waals surface area contributed by atoms with Crippen LogP contribution in [0, 0.1) is 11.3 Å². The van der Waals surface area contributed by atoms with Crippen molar-refractivity contribution in [3.05, 3.63) is 23.8 Å². The first-order valence-electron chi connectivity index (χ1n) is 4.94. The number of rotatable bonds is 4. The van der Waals surface area contributed by atoms with Gasteiger partial charge >= 0.3 is 6.18 Å². The number of nitrogens with zero attached hydrogens (tertiary/aromatic N) is 1. The molecule has 0 aliphatic carbocycles. The Morgan fingerprint density at radius 2 is 2.17 bits per heavy atom. The van der Waals surface area contributed by atoms with Crippen LogP contribution in [0.3, 0.4) is 0 Å². The Kier molecular flexibility index (Phi) is 4.39. The number of alkyl halides is 3. The standard InChI is InChI=1S/C11H11F3N2O2/c1-18-10-4-7(2-3-9(10)17)8(5-15)16-6-11(12,13)14/h2-4,8,16-17H,6H2,1H3. The lowest BCUT2D eigenvalue weighted by Gasteiger charge is -2.14. The maximum Gasteiger partial charge on any atom is 0.401 e. The van der Waals surface area contributed by atoms with E-state index in [1.54, 1.807) is 6.07 Å². The highest BCUT2D eigenvalue weighted by atomic mass is 19.4. The maximum atomic E-state index is 12.0. The van der Waals surface area contributed by atoms with Gasteiger partial charge in [0.2, 0.25) is 0 Å². The second-order valence-electron chi connectivity index (χ2n) is 3.49. The van der Waals surface area contributed by atoms with E-state index in [0.717, 1.165) is 0 Å². The molecule has 1 atom stereocenters. The molecule has 0 bridgehead atoms. The molecule has 0 radical (unpaired) electrons. The Morgan fingerprint density at radius 1 is 1.50 bits per heavy atom. The summed E-state index contributed by atoms with van der Waals surface area (Å²) in [5, 5.41) is 20.2. The largest absolute Gasteiger partial charge is 0.504 e. The first kappa shape index (κ1) is 14.1. The van der Waals surface area contributed by atoms with E-state index in [4.69, 9.17) is 10.00 Å².